The van der Waals surface area contributed by atoms with Crippen LogP contribution in [0.25, 0.3) is 0 Å². The van der Waals surface area contributed by atoms with E-state index < -0.39 is 31.2 Å². The van der Waals surface area contributed by atoms with Gasteiger partial charge in [-0.05, 0) is 69.5 Å². The Balaban J connectivity index is 1.78. The Hall–Kier alpha value is -2.90. The molecule has 0 saturated heterocycles. The van der Waals surface area contributed by atoms with Crippen molar-refractivity contribution in [2.24, 2.45) is 0 Å². The Bertz CT molecular complexity index is 1390. The molecule has 0 saturated carbocycles. The molecule has 0 N–H and O–H groups in total. The summed E-state index contributed by atoms with van der Waals surface area (Å²) >= 11 is 0. The summed E-state index contributed by atoms with van der Waals surface area (Å²) in [5.74, 6) is 0. The predicted octanol–water partition coefficient (Wildman–Crippen LogP) is 5.06. The Morgan fingerprint density at radius 1 is 0.735 bits per heavy atom. The van der Waals surface area contributed by atoms with Crippen molar-refractivity contribution in [1.29, 1.82) is 0 Å². The molecule has 0 aliphatic carbocycles. The summed E-state index contributed by atoms with van der Waals surface area (Å²) < 4.78 is 55.8. The van der Waals surface area contributed by atoms with Crippen LogP contribution in [0.4, 0.5) is 0 Å². The van der Waals surface area contributed by atoms with E-state index >= 15 is 0 Å². The zero-order valence-electron chi connectivity index (χ0n) is 19.5. The first kappa shape index (κ1) is 24.2. The lowest BCUT2D eigenvalue weighted by Crippen LogP contribution is -2.46. The molecule has 3 aromatic rings. The molecular weight excluding hydrogens is 466 g/mol. The maximum absolute atomic E-state index is 13.7. The van der Waals surface area contributed by atoms with Gasteiger partial charge < -0.3 is 0 Å². The van der Waals surface area contributed by atoms with Crippen LogP contribution in [0.2, 0.25) is 0 Å². The van der Waals surface area contributed by atoms with Crippen LogP contribution >= 0.6 is 0 Å². The highest BCUT2D eigenvalue weighted by molar-refractivity contribution is 7.92. The molecule has 34 heavy (non-hydrogen) atoms. The number of rotatable bonds is 6. The number of hydrogen-bond acceptors (Lipinski definition) is 4. The van der Waals surface area contributed by atoms with Crippen molar-refractivity contribution in [1.82, 2.24) is 4.31 Å². The van der Waals surface area contributed by atoms with E-state index in [1.807, 2.05) is 44.2 Å². The Labute approximate surface area is 202 Å². The van der Waals surface area contributed by atoms with Crippen LogP contribution in [-0.2, 0) is 26.3 Å². The van der Waals surface area contributed by atoms with Crippen molar-refractivity contribution in [3.63, 3.8) is 0 Å². The van der Waals surface area contributed by atoms with Crippen LogP contribution in [0, 0.1) is 13.8 Å². The third-order valence-corrected chi connectivity index (χ3v) is 10.3. The van der Waals surface area contributed by atoms with E-state index in [-0.39, 0.29) is 16.2 Å². The number of nitrogens with zero attached hydrogens (tertiary/aromatic N) is 1. The predicted molar refractivity (Wildman–Crippen MR) is 135 cm³/mol. The molecule has 0 bridgehead atoms. The number of allylic oxidation sites excluding steroid dienone is 1. The first-order valence-electron chi connectivity index (χ1n) is 11.2. The van der Waals surface area contributed by atoms with E-state index in [1.165, 1.54) is 4.31 Å². The fourth-order valence-electron chi connectivity index (χ4n) is 4.44. The van der Waals surface area contributed by atoms with Crippen LogP contribution < -0.4 is 0 Å². The van der Waals surface area contributed by atoms with Gasteiger partial charge in [0, 0.05) is 5.70 Å². The molecule has 178 valence electrons. The average Bonchev–Trinajstić information content (AvgIpc) is 2.80. The van der Waals surface area contributed by atoms with E-state index in [1.54, 1.807) is 61.5 Å². The summed E-state index contributed by atoms with van der Waals surface area (Å²) in [6, 6.07) is 22.6. The molecule has 0 amide bonds. The van der Waals surface area contributed by atoms with Gasteiger partial charge in [0.05, 0.1) is 21.1 Å². The number of hydrogen-bond donors (Lipinski definition) is 0. The van der Waals surface area contributed by atoms with E-state index in [4.69, 9.17) is 0 Å². The lowest BCUT2D eigenvalue weighted by molar-refractivity contribution is 0.337. The van der Waals surface area contributed by atoms with E-state index in [2.05, 4.69) is 0 Å². The largest absolute Gasteiger partial charge is 0.267 e. The second-order valence-corrected chi connectivity index (χ2v) is 12.9. The smallest absolute Gasteiger partial charge is 0.264 e. The van der Waals surface area contributed by atoms with Crippen LogP contribution in [0.3, 0.4) is 0 Å². The Morgan fingerprint density at radius 3 is 1.82 bits per heavy atom. The Kier molecular flexibility index (Phi) is 6.69. The molecule has 4 rings (SSSR count). The van der Waals surface area contributed by atoms with E-state index in [9.17, 15) is 16.8 Å². The quantitative estimate of drug-likeness (QED) is 0.479. The summed E-state index contributed by atoms with van der Waals surface area (Å²) in [6.45, 7) is 5.49. The van der Waals surface area contributed by atoms with Gasteiger partial charge >= 0.3 is 0 Å². The number of benzene rings is 3. The molecule has 0 spiro atoms. The molecular formula is C27H29NO4S2. The van der Waals surface area contributed by atoms with Gasteiger partial charge in [0.1, 0.15) is 0 Å². The lowest BCUT2D eigenvalue weighted by Gasteiger charge is -2.39. The molecule has 3 aromatic carbocycles. The summed E-state index contributed by atoms with van der Waals surface area (Å²) in [5.41, 5.74) is 3.33. The highest BCUT2D eigenvalue weighted by Crippen LogP contribution is 2.35. The van der Waals surface area contributed by atoms with Crippen molar-refractivity contribution in [2.75, 3.05) is 0 Å². The van der Waals surface area contributed by atoms with Crippen molar-refractivity contribution in [3.05, 3.63) is 107 Å². The van der Waals surface area contributed by atoms with Gasteiger partial charge in [-0.1, -0.05) is 65.7 Å². The van der Waals surface area contributed by atoms with Crippen LogP contribution in [0.15, 0.2) is 100 Å². The molecule has 0 fully saturated rings. The first-order valence-corrected chi connectivity index (χ1v) is 14.2. The van der Waals surface area contributed by atoms with Crippen molar-refractivity contribution < 1.29 is 16.8 Å². The average molecular weight is 496 g/mol. The monoisotopic (exact) mass is 495 g/mol. The maximum atomic E-state index is 13.7. The van der Waals surface area contributed by atoms with Gasteiger partial charge in [-0.25, -0.2) is 16.8 Å². The highest BCUT2D eigenvalue weighted by atomic mass is 32.2. The van der Waals surface area contributed by atoms with Gasteiger partial charge in [0.25, 0.3) is 10.0 Å². The van der Waals surface area contributed by atoms with E-state index in [0.717, 1.165) is 16.7 Å². The van der Waals surface area contributed by atoms with Gasteiger partial charge in [-0.15, -0.1) is 0 Å². The van der Waals surface area contributed by atoms with Gasteiger partial charge in [0.15, 0.2) is 9.84 Å². The molecule has 2 atom stereocenters. The molecule has 1 aliphatic rings. The number of sulfone groups is 1. The van der Waals surface area contributed by atoms with Crippen LogP contribution in [0.1, 0.15) is 30.0 Å². The topological polar surface area (TPSA) is 71.5 Å². The summed E-state index contributed by atoms with van der Waals surface area (Å²) in [7, 11) is -7.54. The van der Waals surface area contributed by atoms with Crippen molar-refractivity contribution in [2.45, 2.75) is 54.7 Å². The van der Waals surface area contributed by atoms with E-state index in [0.29, 0.717) is 12.1 Å². The fourth-order valence-corrected chi connectivity index (χ4v) is 7.86. The zero-order valence-corrected chi connectivity index (χ0v) is 21.2. The lowest BCUT2D eigenvalue weighted by atomic mass is 9.98. The van der Waals surface area contributed by atoms with Crippen molar-refractivity contribution in [3.8, 4) is 0 Å². The molecule has 7 heteroatoms. The number of aryl methyl sites for hydroxylation is 2. The normalized spacial score (nSPS) is 19.0. The van der Waals surface area contributed by atoms with Gasteiger partial charge in [-0.3, -0.25) is 4.31 Å². The minimum atomic E-state index is -3.87. The zero-order chi connectivity index (χ0) is 24.5. The molecule has 0 aromatic heterocycles. The molecule has 1 aliphatic heterocycles. The van der Waals surface area contributed by atoms with Gasteiger partial charge in [0.2, 0.25) is 0 Å². The molecule has 0 unspecified atom stereocenters. The number of sulfonamides is 1. The SMILES string of the molecule is CC1=C[C@@H](S(=O)(=O)c2ccc(C)cc2)C[C@H](Cc2ccccc2)N1S(=O)(=O)c1ccc(C)cc1. The van der Waals surface area contributed by atoms with Crippen LogP contribution in [0.5, 0.6) is 0 Å². The molecule has 5 nitrogen and oxygen atoms in total. The van der Waals surface area contributed by atoms with Crippen molar-refractivity contribution >= 4 is 19.9 Å². The summed E-state index contributed by atoms with van der Waals surface area (Å²) in [5, 5.41) is -0.812. The highest BCUT2D eigenvalue weighted by Gasteiger charge is 2.40. The standard InChI is InChI=1S/C27H29NO4S2/c1-20-9-13-25(14-10-20)33(29,30)27-17-22(3)28(24(19-27)18-23-7-5-4-6-8-23)34(31,32)26-15-11-21(2)12-16-26/h4-17,24,27H,18-19H2,1-3H3/t24-,27+/m0/s1. The van der Waals surface area contributed by atoms with Gasteiger partial charge in [-0.2, -0.15) is 0 Å². The maximum Gasteiger partial charge on any atom is 0.264 e. The second kappa shape index (κ2) is 9.39. The minimum Gasteiger partial charge on any atom is -0.267 e. The second-order valence-electron chi connectivity index (χ2n) is 8.90. The fraction of sp³-hybridized carbons (Fsp3) is 0.259. The summed E-state index contributed by atoms with van der Waals surface area (Å²) in [4.78, 5) is 0.448. The van der Waals surface area contributed by atoms with Crippen LogP contribution in [-0.4, -0.2) is 32.4 Å². The third kappa shape index (κ3) is 4.81. The Morgan fingerprint density at radius 2 is 1.26 bits per heavy atom. The third-order valence-electron chi connectivity index (χ3n) is 6.25. The summed E-state index contributed by atoms with van der Waals surface area (Å²) in [6.07, 6.45) is 2.17. The molecule has 1 heterocycles. The first-order chi connectivity index (χ1) is 16.1. The molecule has 0 radical (unpaired) electrons. The minimum absolute atomic E-state index is 0.174.